The summed E-state index contributed by atoms with van der Waals surface area (Å²) in [6.07, 6.45) is 0. The van der Waals surface area contributed by atoms with Crippen LogP contribution in [0.5, 0.6) is 5.75 Å². The lowest BCUT2D eigenvalue weighted by atomic mass is 10.2. The summed E-state index contributed by atoms with van der Waals surface area (Å²) in [5.74, 6) is 2.15. The topological polar surface area (TPSA) is 80.7 Å². The smallest absolute Gasteiger partial charge is 0.240 e. The van der Waals surface area contributed by atoms with Crippen LogP contribution in [-0.2, 0) is 19.6 Å². The molecule has 1 fully saturated rings. The number of rotatable bonds is 7. The highest BCUT2D eigenvalue weighted by atomic mass is 35.5. The van der Waals surface area contributed by atoms with Crippen LogP contribution in [0.25, 0.3) is 0 Å². The van der Waals surface area contributed by atoms with Gasteiger partial charge in [0.1, 0.15) is 5.75 Å². The van der Waals surface area contributed by atoms with Crippen molar-refractivity contribution in [3.63, 3.8) is 0 Å². The SMILES string of the molecule is CCOc1ccc(CN2CCN(Cc3noc(CN)n3)CC2)cc1.Cl.Cl. The van der Waals surface area contributed by atoms with Crippen LogP contribution in [-0.4, -0.2) is 52.7 Å². The third-order valence-corrected chi connectivity index (χ3v) is 4.16. The Morgan fingerprint density at radius 1 is 1.04 bits per heavy atom. The Morgan fingerprint density at radius 2 is 1.65 bits per heavy atom. The fourth-order valence-electron chi connectivity index (χ4n) is 2.86. The van der Waals surface area contributed by atoms with E-state index in [0.29, 0.717) is 19.0 Å². The summed E-state index contributed by atoms with van der Waals surface area (Å²) >= 11 is 0. The van der Waals surface area contributed by atoms with Gasteiger partial charge in [0, 0.05) is 32.7 Å². The molecule has 0 spiro atoms. The highest BCUT2D eigenvalue weighted by Gasteiger charge is 2.19. The van der Waals surface area contributed by atoms with Crippen molar-refractivity contribution in [2.24, 2.45) is 5.73 Å². The number of nitrogens with two attached hydrogens (primary N) is 1. The van der Waals surface area contributed by atoms with Gasteiger partial charge in [-0.25, -0.2) is 0 Å². The van der Waals surface area contributed by atoms with Crippen molar-refractivity contribution in [3.05, 3.63) is 41.5 Å². The van der Waals surface area contributed by atoms with Gasteiger partial charge in [0.05, 0.1) is 19.7 Å². The van der Waals surface area contributed by atoms with Crippen molar-refractivity contribution in [1.82, 2.24) is 19.9 Å². The average Bonchev–Trinajstić information content (AvgIpc) is 3.06. The lowest BCUT2D eigenvalue weighted by Gasteiger charge is -2.34. The predicted octanol–water partition coefficient (Wildman–Crippen LogP) is 2.09. The van der Waals surface area contributed by atoms with E-state index in [0.717, 1.165) is 50.8 Å². The lowest BCUT2D eigenvalue weighted by molar-refractivity contribution is 0.119. The van der Waals surface area contributed by atoms with E-state index < -0.39 is 0 Å². The Balaban J connectivity index is 0.00000169. The summed E-state index contributed by atoms with van der Waals surface area (Å²) in [6, 6.07) is 8.37. The van der Waals surface area contributed by atoms with Crippen LogP contribution in [0.4, 0.5) is 0 Å². The molecule has 2 N–H and O–H groups in total. The van der Waals surface area contributed by atoms with Gasteiger partial charge in [0.2, 0.25) is 5.89 Å². The average molecular weight is 404 g/mol. The van der Waals surface area contributed by atoms with Crippen LogP contribution < -0.4 is 10.5 Å². The number of nitrogens with zero attached hydrogens (tertiary/aromatic N) is 4. The van der Waals surface area contributed by atoms with Crippen molar-refractivity contribution in [2.75, 3.05) is 32.8 Å². The van der Waals surface area contributed by atoms with Crippen molar-refractivity contribution < 1.29 is 9.26 Å². The molecule has 1 aromatic heterocycles. The van der Waals surface area contributed by atoms with Gasteiger partial charge in [-0.1, -0.05) is 17.3 Å². The van der Waals surface area contributed by atoms with E-state index in [1.165, 1.54) is 5.56 Å². The molecule has 0 unspecified atom stereocenters. The molecule has 1 saturated heterocycles. The second-order valence-electron chi connectivity index (χ2n) is 5.94. The van der Waals surface area contributed by atoms with Crippen molar-refractivity contribution in [1.29, 1.82) is 0 Å². The Labute approximate surface area is 166 Å². The first-order chi connectivity index (χ1) is 11.8. The van der Waals surface area contributed by atoms with Gasteiger partial charge < -0.3 is 15.0 Å². The highest BCUT2D eigenvalue weighted by Crippen LogP contribution is 2.15. The second-order valence-corrected chi connectivity index (χ2v) is 5.94. The highest BCUT2D eigenvalue weighted by molar-refractivity contribution is 5.85. The van der Waals surface area contributed by atoms with E-state index in [1.54, 1.807) is 0 Å². The fraction of sp³-hybridized carbons (Fsp3) is 0.529. The molecule has 1 aliphatic heterocycles. The predicted molar refractivity (Wildman–Crippen MR) is 105 cm³/mol. The number of benzene rings is 1. The van der Waals surface area contributed by atoms with E-state index in [2.05, 4.69) is 32.1 Å². The minimum absolute atomic E-state index is 0. The van der Waals surface area contributed by atoms with E-state index in [4.69, 9.17) is 15.0 Å². The minimum Gasteiger partial charge on any atom is -0.494 e. The Morgan fingerprint density at radius 3 is 2.19 bits per heavy atom. The molecule has 1 aromatic carbocycles. The molecule has 0 atom stereocenters. The van der Waals surface area contributed by atoms with Crippen molar-refractivity contribution in [2.45, 2.75) is 26.6 Å². The molecule has 26 heavy (non-hydrogen) atoms. The first-order valence-electron chi connectivity index (χ1n) is 8.45. The zero-order chi connectivity index (χ0) is 16.8. The van der Waals surface area contributed by atoms with Crippen LogP contribution in [0.1, 0.15) is 24.2 Å². The van der Waals surface area contributed by atoms with Gasteiger partial charge in [-0.15, -0.1) is 24.8 Å². The summed E-state index contributed by atoms with van der Waals surface area (Å²) in [7, 11) is 0. The fourth-order valence-corrected chi connectivity index (χ4v) is 2.86. The normalized spacial score (nSPS) is 15.2. The summed E-state index contributed by atoms with van der Waals surface area (Å²) in [5.41, 5.74) is 6.81. The second kappa shape index (κ2) is 11.4. The first kappa shape index (κ1) is 22.7. The van der Waals surface area contributed by atoms with Crippen LogP contribution >= 0.6 is 24.8 Å². The van der Waals surface area contributed by atoms with E-state index in [9.17, 15) is 0 Å². The number of aromatic nitrogens is 2. The molecule has 9 heteroatoms. The lowest BCUT2D eigenvalue weighted by Crippen LogP contribution is -2.45. The quantitative estimate of drug-likeness (QED) is 0.757. The number of hydrogen-bond donors (Lipinski definition) is 1. The molecule has 2 aromatic rings. The Kier molecular flexibility index (Phi) is 9.90. The largest absolute Gasteiger partial charge is 0.494 e. The number of hydrogen-bond acceptors (Lipinski definition) is 7. The van der Waals surface area contributed by atoms with Gasteiger partial charge in [-0.05, 0) is 24.6 Å². The third-order valence-electron chi connectivity index (χ3n) is 4.16. The maximum atomic E-state index is 5.49. The molecule has 2 heterocycles. The van der Waals surface area contributed by atoms with Gasteiger partial charge in [-0.3, -0.25) is 9.80 Å². The van der Waals surface area contributed by atoms with Crippen molar-refractivity contribution >= 4 is 24.8 Å². The zero-order valence-electron chi connectivity index (χ0n) is 15.0. The molecule has 0 bridgehead atoms. The van der Waals surface area contributed by atoms with Gasteiger partial charge in [-0.2, -0.15) is 4.98 Å². The molecule has 7 nitrogen and oxygen atoms in total. The van der Waals surface area contributed by atoms with Gasteiger partial charge in [0.15, 0.2) is 5.82 Å². The Hall–Kier alpha value is -1.38. The summed E-state index contributed by atoms with van der Waals surface area (Å²) in [6.45, 7) is 8.77. The van der Waals surface area contributed by atoms with Gasteiger partial charge >= 0.3 is 0 Å². The zero-order valence-corrected chi connectivity index (χ0v) is 16.6. The summed E-state index contributed by atoms with van der Waals surface area (Å²) in [4.78, 5) is 9.08. The summed E-state index contributed by atoms with van der Waals surface area (Å²) in [5, 5.41) is 3.96. The molecule has 0 aliphatic carbocycles. The first-order valence-corrected chi connectivity index (χ1v) is 8.45. The van der Waals surface area contributed by atoms with Crippen molar-refractivity contribution in [3.8, 4) is 5.75 Å². The number of piperazine rings is 1. The van der Waals surface area contributed by atoms with Crippen LogP contribution in [0.2, 0.25) is 0 Å². The monoisotopic (exact) mass is 403 g/mol. The number of ether oxygens (including phenoxy) is 1. The minimum atomic E-state index is 0. The maximum absolute atomic E-state index is 5.49. The molecule has 0 radical (unpaired) electrons. The molecule has 146 valence electrons. The molecule has 1 aliphatic rings. The van der Waals surface area contributed by atoms with Crippen LogP contribution in [0.3, 0.4) is 0 Å². The van der Waals surface area contributed by atoms with E-state index >= 15 is 0 Å². The standard InChI is InChI=1S/C17H25N5O2.2ClH/c1-2-23-15-5-3-14(4-6-15)12-21-7-9-22(10-8-21)13-16-19-17(11-18)24-20-16;;/h3-6H,2,7-13,18H2,1H3;2*1H. The Bertz CT molecular complexity index is 630. The third kappa shape index (κ3) is 6.41. The molecular formula is C17H27Cl2N5O2. The van der Waals surface area contributed by atoms with Crippen LogP contribution in [0, 0.1) is 0 Å². The molecule has 0 amide bonds. The van der Waals surface area contributed by atoms with E-state index in [1.807, 2.05) is 19.1 Å². The maximum Gasteiger partial charge on any atom is 0.240 e. The van der Waals surface area contributed by atoms with Crippen LogP contribution in [0.15, 0.2) is 28.8 Å². The number of halogens is 2. The molecular weight excluding hydrogens is 377 g/mol. The molecule has 0 saturated carbocycles. The van der Waals surface area contributed by atoms with Gasteiger partial charge in [0.25, 0.3) is 0 Å². The summed E-state index contributed by atoms with van der Waals surface area (Å²) < 4.78 is 10.5. The molecule has 3 rings (SSSR count). The van der Waals surface area contributed by atoms with E-state index in [-0.39, 0.29) is 24.8 Å².